The Labute approximate surface area is 640 Å². The summed E-state index contributed by atoms with van der Waals surface area (Å²) in [5.41, 5.74) is -4.93. The Morgan fingerprint density at radius 3 is 0.556 bits per heavy atom. The van der Waals surface area contributed by atoms with Crippen LogP contribution in [0.4, 0.5) is 87.8 Å². The third-order valence-electron chi connectivity index (χ3n) is 12.9. The molecule has 36 heteroatoms. The number of alkyl halides is 20. The van der Waals surface area contributed by atoms with Gasteiger partial charge in [-0.05, 0) is 6.42 Å². The quantitative estimate of drug-likeness (QED) is 0.0313. The average molecular weight is 1660 g/mol. The van der Waals surface area contributed by atoms with Gasteiger partial charge < -0.3 is 78.0 Å². The van der Waals surface area contributed by atoms with Gasteiger partial charge in [0.1, 0.15) is 33.0 Å². The highest BCUT2D eigenvalue weighted by molar-refractivity contribution is 4.81. The van der Waals surface area contributed by atoms with E-state index in [-0.39, 0.29) is 191 Å². The summed E-state index contributed by atoms with van der Waals surface area (Å²) in [6.07, 6.45) is -24.0. The van der Waals surface area contributed by atoms with E-state index in [9.17, 15) is 108 Å². The zero-order chi connectivity index (χ0) is 75.7. The normalized spacial score (nSPS) is 14.4. The SMILES string of the molecule is C.C.C.C.C.C.C.C.C.C.C.C.C.CC(C)(CO)COCC(C)(C)COCC(C)(C)CO.CC(C)(COCC(C)(CO)COCC(F)(F)F)COCC(C)(CO)COCC(F)(F)F.CCC(C)(CO)COCC(C)(C)COCC(C)(CO)COCC(F)(F)C(F)(F)F.FC(F)C(F)(F)COCC(F)(F)C(F)(F)F. The topological polar surface area (TPSA) is 214 Å². The fraction of sp³-hybridized carbons (Fsp3) is 1.00. The predicted molar refractivity (Wildman–Crippen MR) is 395 cm³/mol. The lowest BCUT2D eigenvalue weighted by Gasteiger charge is -2.32. The van der Waals surface area contributed by atoms with Crippen LogP contribution in [-0.4, -0.2) is 251 Å². The number of halogens is 20. The van der Waals surface area contributed by atoms with E-state index in [1.165, 1.54) is 20.8 Å². The standard InChI is InChI=1S/C19H34F6O6.C19H35F5O5.C15H32O4.C6H5F9O.13CH4/c1-15(2,7-28-9-16(3,5-26)11-30-13-18(20,21)22)8-29-10-17(4,6-27)12-31-14-19(23,24)25;1-6-16(4,7-25)11-27-9-15(2,3)10-28-12-17(5,8-26)13-29-14-18(20,21)19(22,23)24;1-13(2,7-16)9-18-11-15(5,6)12-19-10-14(3,4)8-17;7-3(8)4(9,10)1-16-2-5(11,12)6(13,14)15;;;;;;;;;;;;;/h26-27H,5-14H2,1-4H3;25-26H,6-14H2,1-5H3;16-17H,7-12H2,1-6H3;3H,1-2H2;13*1H4. The predicted octanol–water partition coefficient (Wildman–Crippen LogP) is 20.3. The molecule has 0 rings (SSSR count). The maximum absolute atomic E-state index is 12.9. The van der Waals surface area contributed by atoms with Crippen LogP contribution in [0.15, 0.2) is 0 Å². The van der Waals surface area contributed by atoms with Gasteiger partial charge in [-0.15, -0.1) is 0 Å². The largest absolute Gasteiger partial charge is 0.455 e. The van der Waals surface area contributed by atoms with Crippen molar-refractivity contribution in [3.63, 3.8) is 0 Å². The molecule has 0 spiro atoms. The van der Waals surface area contributed by atoms with E-state index in [0.29, 0.717) is 39.6 Å². The van der Waals surface area contributed by atoms with Crippen LogP contribution < -0.4 is 0 Å². The molecular weight excluding hydrogens is 1500 g/mol. The van der Waals surface area contributed by atoms with Crippen molar-refractivity contribution >= 4 is 0 Å². The molecule has 108 heavy (non-hydrogen) atoms. The van der Waals surface area contributed by atoms with E-state index in [1.54, 1.807) is 13.8 Å². The van der Waals surface area contributed by atoms with Gasteiger partial charge in [0.25, 0.3) is 0 Å². The molecule has 6 N–H and O–H groups in total. The second-order valence-electron chi connectivity index (χ2n) is 29.0. The molecule has 0 aromatic carbocycles. The zero-order valence-corrected chi connectivity index (χ0v) is 57.0. The highest BCUT2D eigenvalue weighted by Gasteiger charge is 2.59. The van der Waals surface area contributed by atoms with Crippen LogP contribution in [0.3, 0.4) is 0 Å². The maximum Gasteiger partial charge on any atom is 0.455 e. The van der Waals surface area contributed by atoms with Crippen LogP contribution in [0.1, 0.15) is 207 Å². The van der Waals surface area contributed by atoms with Crippen LogP contribution >= 0.6 is 0 Å². The van der Waals surface area contributed by atoms with E-state index in [0.717, 1.165) is 6.42 Å². The fourth-order valence-electron chi connectivity index (χ4n) is 6.17. The molecule has 682 valence electrons. The van der Waals surface area contributed by atoms with Crippen LogP contribution in [-0.2, 0) is 47.4 Å². The summed E-state index contributed by atoms with van der Waals surface area (Å²) in [6.45, 7) is 19.4. The van der Waals surface area contributed by atoms with Gasteiger partial charge in [0, 0.05) is 48.7 Å². The second kappa shape index (κ2) is 63.2. The lowest BCUT2D eigenvalue weighted by Crippen LogP contribution is -2.43. The lowest BCUT2D eigenvalue weighted by atomic mass is 9.89. The lowest BCUT2D eigenvalue weighted by molar-refractivity contribution is -0.302. The molecule has 0 bridgehead atoms. The summed E-state index contributed by atoms with van der Waals surface area (Å²) in [5, 5.41) is 56.1. The smallest absolute Gasteiger partial charge is 0.396 e. The van der Waals surface area contributed by atoms with Crippen LogP contribution in [0.25, 0.3) is 0 Å². The summed E-state index contributed by atoms with van der Waals surface area (Å²) in [6, 6.07) is 0. The third-order valence-corrected chi connectivity index (χ3v) is 12.9. The molecule has 0 fully saturated rings. The average Bonchev–Trinajstić information content (AvgIpc) is 0.844. The molecule has 0 aliphatic rings. The Hall–Kier alpha value is -2.04. The Morgan fingerprint density at radius 1 is 0.222 bits per heavy atom. The van der Waals surface area contributed by atoms with E-state index in [1.807, 2.05) is 55.4 Å². The van der Waals surface area contributed by atoms with Gasteiger partial charge in [0.2, 0.25) is 0 Å². The Bertz CT molecular complexity index is 1920. The molecule has 0 radical (unpaired) electrons. The minimum atomic E-state index is -5.98. The molecule has 0 aromatic heterocycles. The Balaban J connectivity index is -0.0000000673. The fourth-order valence-corrected chi connectivity index (χ4v) is 6.17. The number of hydrogen-bond donors (Lipinski definition) is 6. The van der Waals surface area contributed by atoms with Crippen molar-refractivity contribution in [1.82, 2.24) is 0 Å². The minimum Gasteiger partial charge on any atom is -0.396 e. The van der Waals surface area contributed by atoms with Crippen molar-refractivity contribution in [3.8, 4) is 0 Å². The highest BCUT2D eigenvalue weighted by Crippen LogP contribution is 2.38. The monoisotopic (exact) mass is 1660 g/mol. The van der Waals surface area contributed by atoms with E-state index in [2.05, 4.69) is 32.8 Å². The Kier molecular flexibility index (Phi) is 86.3. The summed E-state index contributed by atoms with van der Waals surface area (Å²) in [7, 11) is 0. The minimum absolute atomic E-state index is 0. The molecule has 0 saturated heterocycles. The first-order chi connectivity index (χ1) is 42.4. The summed E-state index contributed by atoms with van der Waals surface area (Å²) >= 11 is 0. The molecule has 0 aliphatic carbocycles. The molecule has 0 heterocycles. The van der Waals surface area contributed by atoms with Crippen LogP contribution in [0.5, 0.6) is 0 Å². The molecule has 0 amide bonds. The van der Waals surface area contributed by atoms with Crippen molar-refractivity contribution in [2.75, 3.05) is 172 Å². The summed E-state index contributed by atoms with van der Waals surface area (Å²) in [5.74, 6) is -15.1. The van der Waals surface area contributed by atoms with Crippen molar-refractivity contribution < 1.29 is 166 Å². The van der Waals surface area contributed by atoms with Gasteiger partial charge in [-0.3, -0.25) is 0 Å². The first kappa shape index (κ1) is 148. The summed E-state index contributed by atoms with van der Waals surface area (Å²) in [4.78, 5) is 0. The number of aliphatic hydroxyl groups is 6. The van der Waals surface area contributed by atoms with E-state index < -0.39 is 135 Å². The number of aliphatic hydroxyl groups excluding tert-OH is 6. The Morgan fingerprint density at radius 2 is 0.389 bits per heavy atom. The molecule has 0 saturated carbocycles. The van der Waals surface area contributed by atoms with Gasteiger partial charge in [-0.1, -0.05) is 200 Å². The van der Waals surface area contributed by atoms with Gasteiger partial charge in [0.05, 0.1) is 139 Å². The van der Waals surface area contributed by atoms with Crippen molar-refractivity contribution in [2.24, 2.45) is 48.7 Å². The first-order valence-electron chi connectivity index (χ1n) is 29.6. The highest BCUT2D eigenvalue weighted by atomic mass is 19.4. The molecule has 0 aliphatic heterocycles. The molecule has 4 atom stereocenters. The summed E-state index contributed by atoms with van der Waals surface area (Å²) < 4.78 is 291. The van der Waals surface area contributed by atoms with Crippen LogP contribution in [0.2, 0.25) is 0 Å². The van der Waals surface area contributed by atoms with E-state index >= 15 is 0 Å². The van der Waals surface area contributed by atoms with Crippen LogP contribution in [0, 0.1) is 48.7 Å². The van der Waals surface area contributed by atoms with E-state index in [4.69, 9.17) is 38.6 Å². The van der Waals surface area contributed by atoms with Crippen molar-refractivity contribution in [1.29, 1.82) is 0 Å². The zero-order valence-electron chi connectivity index (χ0n) is 57.0. The molecule has 4 unspecified atom stereocenters. The molecular formula is C72H158F20O16. The van der Waals surface area contributed by atoms with Gasteiger partial charge >= 0.3 is 48.9 Å². The first-order valence-corrected chi connectivity index (χ1v) is 29.6. The molecule has 0 aromatic rings. The number of ether oxygens (including phenoxy) is 10. The van der Waals surface area contributed by atoms with Gasteiger partial charge in [-0.2, -0.15) is 79.0 Å². The van der Waals surface area contributed by atoms with Gasteiger partial charge in [-0.25, -0.2) is 8.78 Å². The molecule has 16 nitrogen and oxygen atoms in total. The maximum atomic E-state index is 12.9. The second-order valence-corrected chi connectivity index (χ2v) is 29.0. The number of rotatable bonds is 46. The third kappa shape index (κ3) is 72.9. The van der Waals surface area contributed by atoms with Gasteiger partial charge in [0.15, 0.2) is 0 Å². The van der Waals surface area contributed by atoms with Crippen molar-refractivity contribution in [2.45, 2.75) is 256 Å². The van der Waals surface area contributed by atoms with Crippen molar-refractivity contribution in [3.05, 3.63) is 0 Å². The number of hydrogen-bond acceptors (Lipinski definition) is 16.